The number of non-ortho nitro benzene ring substituents is 1. The number of nitrogens with one attached hydrogen (secondary N) is 1. The van der Waals surface area contributed by atoms with Gasteiger partial charge in [-0.1, -0.05) is 6.07 Å². The number of amides is 1. The average molecular weight is 234 g/mol. The van der Waals surface area contributed by atoms with Crippen molar-refractivity contribution in [1.29, 1.82) is 0 Å². The number of hydrogen-bond donors (Lipinski definition) is 1. The molecule has 0 saturated carbocycles. The van der Waals surface area contributed by atoms with Crippen LogP contribution in [0.2, 0.25) is 0 Å². The Balaban J connectivity index is 2.71. The quantitative estimate of drug-likeness (QED) is 0.639. The molecule has 0 aliphatic carbocycles. The first-order chi connectivity index (χ1) is 8.00. The minimum absolute atomic E-state index is 0.109. The molecular formula is C11H10N2O4. The maximum atomic E-state index is 11.0. The molecule has 1 aromatic carbocycles. The Hall–Kier alpha value is -2.37. The second-order valence-corrected chi connectivity index (χ2v) is 3.63. The number of anilines is 1. The van der Waals surface area contributed by atoms with E-state index in [1.165, 1.54) is 13.0 Å². The van der Waals surface area contributed by atoms with Crippen LogP contribution in [0.5, 0.6) is 0 Å². The highest BCUT2D eigenvalue weighted by Gasteiger charge is 2.20. The number of rotatable bonds is 2. The third kappa shape index (κ3) is 1.84. The molecule has 0 spiro atoms. The van der Waals surface area contributed by atoms with Crippen LogP contribution in [0.15, 0.2) is 22.6 Å². The minimum atomic E-state index is -0.511. The van der Waals surface area contributed by atoms with Crippen molar-refractivity contribution in [2.45, 2.75) is 13.8 Å². The molecule has 6 nitrogen and oxygen atoms in total. The molecule has 2 aromatic rings. The summed E-state index contributed by atoms with van der Waals surface area (Å²) in [7, 11) is 0. The van der Waals surface area contributed by atoms with Gasteiger partial charge in [0.2, 0.25) is 11.5 Å². The molecular weight excluding hydrogens is 224 g/mol. The van der Waals surface area contributed by atoms with E-state index in [1.807, 2.05) is 0 Å². The third-order valence-corrected chi connectivity index (χ3v) is 2.37. The van der Waals surface area contributed by atoms with Crippen molar-refractivity contribution in [1.82, 2.24) is 0 Å². The number of carbonyl (C=O) groups is 1. The molecule has 88 valence electrons. The highest BCUT2D eigenvalue weighted by Crippen LogP contribution is 2.35. The van der Waals surface area contributed by atoms with Crippen LogP contribution in [-0.2, 0) is 4.79 Å². The predicted octanol–water partition coefficient (Wildman–Crippen LogP) is 2.61. The fourth-order valence-electron chi connectivity index (χ4n) is 1.70. The van der Waals surface area contributed by atoms with Crippen molar-refractivity contribution in [3.8, 4) is 0 Å². The molecule has 1 N–H and O–H groups in total. The van der Waals surface area contributed by atoms with E-state index in [2.05, 4.69) is 5.32 Å². The molecule has 1 heterocycles. The Labute approximate surface area is 96.4 Å². The molecule has 2 rings (SSSR count). The first-order valence-electron chi connectivity index (χ1n) is 4.95. The molecule has 1 aromatic heterocycles. The lowest BCUT2D eigenvalue weighted by Gasteiger charge is -1.99. The highest BCUT2D eigenvalue weighted by atomic mass is 16.6. The number of benzene rings is 1. The maximum Gasteiger partial charge on any atom is 0.312 e. The van der Waals surface area contributed by atoms with Crippen LogP contribution < -0.4 is 5.32 Å². The fourth-order valence-corrected chi connectivity index (χ4v) is 1.70. The number of fused-ring (bicyclic) bond motifs is 1. The van der Waals surface area contributed by atoms with Crippen molar-refractivity contribution < 1.29 is 14.1 Å². The van der Waals surface area contributed by atoms with Gasteiger partial charge in [-0.15, -0.1) is 0 Å². The van der Waals surface area contributed by atoms with Crippen LogP contribution in [0.25, 0.3) is 11.0 Å². The van der Waals surface area contributed by atoms with Gasteiger partial charge in [0.25, 0.3) is 0 Å². The molecule has 17 heavy (non-hydrogen) atoms. The Morgan fingerprint density at radius 3 is 2.76 bits per heavy atom. The normalized spacial score (nSPS) is 10.5. The van der Waals surface area contributed by atoms with Crippen LogP contribution in [-0.4, -0.2) is 10.8 Å². The molecule has 0 radical (unpaired) electrons. The monoisotopic (exact) mass is 234 g/mol. The van der Waals surface area contributed by atoms with Crippen LogP contribution in [0.4, 0.5) is 11.4 Å². The van der Waals surface area contributed by atoms with Gasteiger partial charge in [0.1, 0.15) is 5.76 Å². The van der Waals surface area contributed by atoms with E-state index in [9.17, 15) is 14.9 Å². The van der Waals surface area contributed by atoms with E-state index in [-0.39, 0.29) is 17.2 Å². The number of hydrogen-bond acceptors (Lipinski definition) is 4. The lowest BCUT2D eigenvalue weighted by Crippen LogP contribution is -2.05. The second kappa shape index (κ2) is 3.89. The SMILES string of the molecule is CC(=O)Nc1c(C)oc2c([N+](=O)[O-])cccc12. The van der Waals surface area contributed by atoms with Crippen LogP contribution >= 0.6 is 0 Å². The van der Waals surface area contributed by atoms with E-state index in [1.54, 1.807) is 19.1 Å². The highest BCUT2D eigenvalue weighted by molar-refractivity contribution is 6.03. The summed E-state index contributed by atoms with van der Waals surface area (Å²) in [5.74, 6) is 0.201. The molecule has 1 amide bonds. The Morgan fingerprint density at radius 2 is 2.18 bits per heavy atom. The van der Waals surface area contributed by atoms with Crippen LogP contribution in [0, 0.1) is 17.0 Å². The van der Waals surface area contributed by atoms with E-state index in [4.69, 9.17) is 4.42 Å². The molecule has 0 atom stereocenters. The standard InChI is InChI=1S/C11H10N2O4/c1-6-10(12-7(2)14)8-4-3-5-9(13(15)16)11(8)17-6/h3-5H,1-2H3,(H,12,14). The topological polar surface area (TPSA) is 85.4 Å². The number of carbonyl (C=O) groups excluding carboxylic acids is 1. The van der Waals surface area contributed by atoms with Crippen molar-refractivity contribution in [3.05, 3.63) is 34.1 Å². The summed E-state index contributed by atoms with van der Waals surface area (Å²) in [6, 6.07) is 4.59. The fraction of sp³-hybridized carbons (Fsp3) is 0.182. The van der Waals surface area contributed by atoms with Crippen molar-refractivity contribution in [2.75, 3.05) is 5.32 Å². The molecule has 0 aliphatic heterocycles. The zero-order valence-corrected chi connectivity index (χ0v) is 9.31. The van der Waals surface area contributed by atoms with Gasteiger partial charge in [-0.2, -0.15) is 0 Å². The maximum absolute atomic E-state index is 11.0. The molecule has 6 heteroatoms. The number of aryl methyl sites for hydroxylation is 1. The van der Waals surface area contributed by atoms with E-state index < -0.39 is 4.92 Å². The summed E-state index contributed by atoms with van der Waals surface area (Å²) in [5.41, 5.74) is 0.553. The first-order valence-corrected chi connectivity index (χ1v) is 4.95. The Bertz CT molecular complexity index is 615. The Morgan fingerprint density at radius 1 is 1.47 bits per heavy atom. The summed E-state index contributed by atoms with van der Waals surface area (Å²) in [5, 5.41) is 14.0. The number of nitro benzene ring substituents is 1. The van der Waals surface area contributed by atoms with Gasteiger partial charge in [0.05, 0.1) is 16.0 Å². The van der Waals surface area contributed by atoms with Crippen LogP contribution in [0.3, 0.4) is 0 Å². The largest absolute Gasteiger partial charge is 0.452 e. The van der Waals surface area contributed by atoms with Gasteiger partial charge in [0, 0.05) is 13.0 Å². The molecule has 0 fully saturated rings. The molecule has 0 bridgehead atoms. The Kier molecular flexibility index (Phi) is 2.55. The average Bonchev–Trinajstić information content (AvgIpc) is 2.54. The number of nitrogens with zero attached hydrogens (tertiary/aromatic N) is 1. The van der Waals surface area contributed by atoms with E-state index in [0.717, 1.165) is 0 Å². The van der Waals surface area contributed by atoms with E-state index in [0.29, 0.717) is 16.8 Å². The number of para-hydroxylation sites is 1. The third-order valence-electron chi connectivity index (χ3n) is 2.37. The molecule has 0 unspecified atom stereocenters. The number of nitro groups is 1. The second-order valence-electron chi connectivity index (χ2n) is 3.63. The zero-order chi connectivity index (χ0) is 12.6. The van der Waals surface area contributed by atoms with Crippen molar-refractivity contribution in [2.24, 2.45) is 0 Å². The van der Waals surface area contributed by atoms with Gasteiger partial charge in [-0.3, -0.25) is 14.9 Å². The summed E-state index contributed by atoms with van der Waals surface area (Å²) >= 11 is 0. The lowest BCUT2D eigenvalue weighted by molar-refractivity contribution is -0.383. The van der Waals surface area contributed by atoms with Gasteiger partial charge in [0.15, 0.2) is 0 Å². The minimum Gasteiger partial charge on any atom is -0.452 e. The molecule has 0 saturated heterocycles. The van der Waals surface area contributed by atoms with Gasteiger partial charge < -0.3 is 9.73 Å². The summed E-state index contributed by atoms with van der Waals surface area (Å²) in [4.78, 5) is 21.3. The van der Waals surface area contributed by atoms with Crippen molar-refractivity contribution >= 4 is 28.3 Å². The van der Waals surface area contributed by atoms with Gasteiger partial charge in [-0.05, 0) is 13.0 Å². The van der Waals surface area contributed by atoms with E-state index >= 15 is 0 Å². The lowest BCUT2D eigenvalue weighted by atomic mass is 10.2. The number of furan rings is 1. The van der Waals surface area contributed by atoms with Crippen LogP contribution in [0.1, 0.15) is 12.7 Å². The smallest absolute Gasteiger partial charge is 0.312 e. The summed E-state index contributed by atoms with van der Waals surface area (Å²) < 4.78 is 5.34. The van der Waals surface area contributed by atoms with Gasteiger partial charge >= 0.3 is 5.69 Å². The van der Waals surface area contributed by atoms with Gasteiger partial charge in [-0.25, -0.2) is 0 Å². The summed E-state index contributed by atoms with van der Waals surface area (Å²) in [6.07, 6.45) is 0. The molecule has 0 aliphatic rings. The van der Waals surface area contributed by atoms with Crippen molar-refractivity contribution in [3.63, 3.8) is 0 Å². The first kappa shape index (κ1) is 11.1. The zero-order valence-electron chi connectivity index (χ0n) is 9.31. The summed E-state index contributed by atoms with van der Waals surface area (Å²) in [6.45, 7) is 3.02. The predicted molar refractivity (Wildman–Crippen MR) is 61.9 cm³/mol.